The van der Waals surface area contributed by atoms with Crippen molar-refractivity contribution in [1.82, 2.24) is 45.2 Å². The van der Waals surface area contributed by atoms with Gasteiger partial charge >= 0.3 is 0 Å². The van der Waals surface area contributed by atoms with Crippen molar-refractivity contribution in [3.05, 3.63) is 89.4 Å². The van der Waals surface area contributed by atoms with Crippen molar-refractivity contribution in [3.8, 4) is 17.2 Å². The molecule has 0 unspecified atom stereocenters. The molecule has 5 heterocycles. The predicted molar refractivity (Wildman–Crippen MR) is 145 cm³/mol. The molecule has 0 aliphatic rings. The number of H-pyrrole nitrogens is 1. The highest BCUT2D eigenvalue weighted by molar-refractivity contribution is 5.92. The molecule has 0 saturated carbocycles. The molecule has 5 aromatic heterocycles. The maximum Gasteiger partial charge on any atom is 0.270 e. The third kappa shape index (κ3) is 6.13. The number of carbonyl (C=O) groups excluding carboxylic acids is 1. The van der Waals surface area contributed by atoms with Crippen LogP contribution in [0.3, 0.4) is 0 Å². The van der Waals surface area contributed by atoms with E-state index in [-0.39, 0.29) is 24.2 Å². The zero-order valence-electron chi connectivity index (χ0n) is 21.8. The summed E-state index contributed by atoms with van der Waals surface area (Å²) in [4.78, 5) is 30.7. The lowest BCUT2D eigenvalue weighted by atomic mass is 10.1. The van der Waals surface area contributed by atoms with Crippen LogP contribution in [0.15, 0.2) is 61.2 Å². The summed E-state index contributed by atoms with van der Waals surface area (Å²) in [6, 6.07) is 10.6. The minimum absolute atomic E-state index is 0.0668. The van der Waals surface area contributed by atoms with E-state index in [1.54, 1.807) is 35.4 Å². The number of nitrogens with one attached hydrogen (secondary N) is 3. The molecule has 0 bridgehead atoms. The number of aromatic nitrogens is 8. The number of aliphatic hydroxyl groups excluding tert-OH is 1. The Labute approximate surface area is 224 Å². The van der Waals surface area contributed by atoms with E-state index in [1.165, 1.54) is 0 Å². The second-order valence-electron chi connectivity index (χ2n) is 9.12. The van der Waals surface area contributed by atoms with Gasteiger partial charge in [-0.3, -0.25) is 14.9 Å². The number of carbonyl (C=O) groups is 1. The number of aromatic amines is 1. The van der Waals surface area contributed by atoms with E-state index in [1.807, 2.05) is 51.2 Å². The van der Waals surface area contributed by atoms with Gasteiger partial charge in [-0.1, -0.05) is 6.07 Å². The number of pyridine rings is 2. The average Bonchev–Trinajstić information content (AvgIpc) is 3.57. The highest BCUT2D eigenvalue weighted by Gasteiger charge is 2.15. The summed E-state index contributed by atoms with van der Waals surface area (Å²) < 4.78 is 1.65. The van der Waals surface area contributed by atoms with Gasteiger partial charge in [-0.15, -0.1) is 0 Å². The Morgan fingerprint density at radius 2 is 1.92 bits per heavy atom. The fraction of sp³-hybridized carbons (Fsp3) is 0.222. The van der Waals surface area contributed by atoms with Gasteiger partial charge in [-0.2, -0.15) is 10.2 Å². The number of amides is 1. The van der Waals surface area contributed by atoms with Crippen LogP contribution in [0.25, 0.3) is 17.2 Å². The minimum Gasteiger partial charge on any atom is -0.396 e. The maximum absolute atomic E-state index is 12.9. The van der Waals surface area contributed by atoms with Crippen LogP contribution in [-0.4, -0.2) is 57.5 Å². The first-order valence-electron chi connectivity index (χ1n) is 12.4. The summed E-state index contributed by atoms with van der Waals surface area (Å²) in [5.74, 6) is 2.10. The summed E-state index contributed by atoms with van der Waals surface area (Å²) in [5, 5.41) is 26.5. The number of nitrogens with zero attached hydrogens (tertiary/aromatic N) is 7. The van der Waals surface area contributed by atoms with Crippen molar-refractivity contribution >= 4 is 17.5 Å². The van der Waals surface area contributed by atoms with Crippen LogP contribution < -0.4 is 10.6 Å². The van der Waals surface area contributed by atoms with E-state index in [0.717, 1.165) is 22.5 Å². The van der Waals surface area contributed by atoms with Crippen molar-refractivity contribution in [1.29, 1.82) is 0 Å². The van der Waals surface area contributed by atoms with Crippen LogP contribution in [0.2, 0.25) is 0 Å². The molecule has 0 radical (unpaired) electrons. The summed E-state index contributed by atoms with van der Waals surface area (Å²) >= 11 is 0. The smallest absolute Gasteiger partial charge is 0.270 e. The molecule has 0 aromatic carbocycles. The molecule has 5 rings (SSSR count). The molecule has 0 fully saturated rings. The van der Waals surface area contributed by atoms with Crippen molar-refractivity contribution in [3.63, 3.8) is 0 Å². The zero-order valence-corrected chi connectivity index (χ0v) is 21.8. The first-order chi connectivity index (χ1) is 18.9. The van der Waals surface area contributed by atoms with Gasteiger partial charge in [0, 0.05) is 54.3 Å². The number of rotatable bonds is 9. The van der Waals surface area contributed by atoms with E-state index in [0.29, 0.717) is 35.3 Å². The third-order valence-corrected chi connectivity index (χ3v) is 5.96. The van der Waals surface area contributed by atoms with Gasteiger partial charge in [0.25, 0.3) is 5.91 Å². The molecule has 0 aliphatic carbocycles. The fourth-order valence-electron chi connectivity index (χ4n) is 3.92. The molecule has 5 aromatic rings. The van der Waals surface area contributed by atoms with Crippen LogP contribution >= 0.6 is 0 Å². The largest absolute Gasteiger partial charge is 0.396 e. The normalized spacial score (nSPS) is 11.8. The Morgan fingerprint density at radius 1 is 1.05 bits per heavy atom. The minimum atomic E-state index is -0.305. The van der Waals surface area contributed by atoms with Crippen molar-refractivity contribution in [2.45, 2.75) is 33.2 Å². The van der Waals surface area contributed by atoms with Crippen molar-refractivity contribution in [2.75, 3.05) is 11.9 Å². The second kappa shape index (κ2) is 11.2. The third-order valence-electron chi connectivity index (χ3n) is 5.96. The first-order valence-corrected chi connectivity index (χ1v) is 12.4. The lowest BCUT2D eigenvalue weighted by Crippen LogP contribution is -2.27. The Kier molecular flexibility index (Phi) is 7.37. The quantitative estimate of drug-likeness (QED) is 0.227. The standard InChI is InChI=1S/C27H28N10O2/c1-16-10-23(33-24-11-17(2)35-36-24)34-26(31-16)21-4-6-22(28-14-21)27(39)32-18(3)20-5-7-25(29-13-20)37-15-19(8-9-38)12-30-37/h4-7,10-15,18,38H,8-9H2,1-3H3,(H,32,39)(H2,31,33,34,35,36)/t18-/m0/s1. The topological polar surface area (TPSA) is 159 Å². The number of aryl methyl sites for hydroxylation is 2. The Morgan fingerprint density at radius 3 is 2.62 bits per heavy atom. The Bertz CT molecular complexity index is 1580. The van der Waals surface area contributed by atoms with Crippen LogP contribution in [0.4, 0.5) is 11.6 Å². The van der Waals surface area contributed by atoms with Gasteiger partial charge in [0.2, 0.25) is 0 Å². The molecule has 12 heteroatoms. The van der Waals surface area contributed by atoms with Crippen LogP contribution in [0, 0.1) is 13.8 Å². The Hall–Kier alpha value is -4.97. The van der Waals surface area contributed by atoms with Gasteiger partial charge in [0.1, 0.15) is 11.5 Å². The molecule has 39 heavy (non-hydrogen) atoms. The lowest BCUT2D eigenvalue weighted by Gasteiger charge is -2.14. The van der Waals surface area contributed by atoms with Gasteiger partial charge in [0.15, 0.2) is 17.5 Å². The molecule has 198 valence electrons. The van der Waals surface area contributed by atoms with Crippen molar-refractivity contribution < 1.29 is 9.90 Å². The molecule has 0 aliphatic heterocycles. The zero-order chi connectivity index (χ0) is 27.4. The van der Waals surface area contributed by atoms with E-state index in [2.05, 4.69) is 45.9 Å². The molecule has 4 N–H and O–H groups in total. The molecule has 0 saturated heterocycles. The summed E-state index contributed by atoms with van der Waals surface area (Å²) in [6.07, 6.45) is 7.36. The summed E-state index contributed by atoms with van der Waals surface area (Å²) in [6.45, 7) is 5.75. The highest BCUT2D eigenvalue weighted by Crippen LogP contribution is 2.20. The van der Waals surface area contributed by atoms with Crippen LogP contribution in [-0.2, 0) is 6.42 Å². The Balaban J connectivity index is 1.23. The summed E-state index contributed by atoms with van der Waals surface area (Å²) in [7, 11) is 0. The van der Waals surface area contributed by atoms with Gasteiger partial charge in [-0.25, -0.2) is 19.6 Å². The van der Waals surface area contributed by atoms with E-state index in [4.69, 9.17) is 5.11 Å². The van der Waals surface area contributed by atoms with Crippen LogP contribution in [0.5, 0.6) is 0 Å². The fourth-order valence-corrected chi connectivity index (χ4v) is 3.92. The lowest BCUT2D eigenvalue weighted by molar-refractivity contribution is 0.0935. The summed E-state index contributed by atoms with van der Waals surface area (Å²) in [5.41, 5.74) is 4.45. The van der Waals surface area contributed by atoms with E-state index >= 15 is 0 Å². The maximum atomic E-state index is 12.9. The number of hydrogen-bond acceptors (Lipinski definition) is 9. The molecule has 1 atom stereocenters. The monoisotopic (exact) mass is 524 g/mol. The van der Waals surface area contributed by atoms with Gasteiger partial charge in [-0.05, 0) is 56.5 Å². The number of hydrogen-bond donors (Lipinski definition) is 4. The SMILES string of the molecule is Cc1cc(Nc2cc(C)[nH]n2)nc(-c2ccc(C(=O)N[C@@H](C)c3ccc(-n4cc(CCO)cn4)nc3)nc2)n1. The molecule has 0 spiro atoms. The molecule has 12 nitrogen and oxygen atoms in total. The molecule has 1 amide bonds. The van der Waals surface area contributed by atoms with Crippen LogP contribution in [0.1, 0.15) is 46.0 Å². The average molecular weight is 525 g/mol. The van der Waals surface area contributed by atoms with Crippen molar-refractivity contribution in [2.24, 2.45) is 0 Å². The van der Waals surface area contributed by atoms with E-state index < -0.39 is 0 Å². The van der Waals surface area contributed by atoms with Gasteiger partial charge < -0.3 is 15.7 Å². The predicted octanol–water partition coefficient (Wildman–Crippen LogP) is 3.23. The number of anilines is 2. The van der Waals surface area contributed by atoms with E-state index in [9.17, 15) is 4.79 Å². The molecular formula is C27H28N10O2. The number of aliphatic hydroxyl groups is 1. The second-order valence-corrected chi connectivity index (χ2v) is 9.12. The van der Waals surface area contributed by atoms with Gasteiger partial charge in [0.05, 0.1) is 12.2 Å². The molecular weight excluding hydrogens is 496 g/mol. The first kappa shape index (κ1) is 25.7. The highest BCUT2D eigenvalue weighted by atomic mass is 16.3.